The van der Waals surface area contributed by atoms with Crippen LogP contribution in [0, 0.1) is 0 Å². The first kappa shape index (κ1) is 32.0. The van der Waals surface area contributed by atoms with Crippen molar-refractivity contribution in [3.05, 3.63) is 60.7 Å². The molecule has 0 heterocycles. The fraction of sp³-hybridized carbons (Fsp3) is 0.567. The normalized spacial score (nSPS) is 12.4. The summed E-state index contributed by atoms with van der Waals surface area (Å²) in [6.45, 7) is 16.2. The molecule has 212 valence electrons. The van der Waals surface area contributed by atoms with Crippen molar-refractivity contribution in [1.82, 2.24) is 4.90 Å². The van der Waals surface area contributed by atoms with Crippen LogP contribution in [-0.4, -0.2) is 84.8 Å². The number of likely N-dealkylation sites (N-methyl/N-ethyl adjacent to an activating group) is 1. The second-order valence-corrected chi connectivity index (χ2v) is 15.6. The van der Waals surface area contributed by atoms with E-state index in [0.717, 1.165) is 0 Å². The van der Waals surface area contributed by atoms with E-state index >= 15 is 0 Å². The number of carbonyl (C=O) groups excluding carboxylic acids is 1. The van der Waals surface area contributed by atoms with E-state index in [0.29, 0.717) is 52.8 Å². The molecule has 38 heavy (non-hydrogen) atoms. The molecule has 0 aliphatic carbocycles. The van der Waals surface area contributed by atoms with Crippen LogP contribution in [0.1, 0.15) is 41.5 Å². The van der Waals surface area contributed by atoms with E-state index in [2.05, 4.69) is 69.3 Å². The van der Waals surface area contributed by atoms with Crippen molar-refractivity contribution in [3.63, 3.8) is 0 Å². The average molecular weight is 546 g/mol. The van der Waals surface area contributed by atoms with Crippen molar-refractivity contribution < 1.29 is 28.2 Å². The van der Waals surface area contributed by atoms with Gasteiger partial charge < -0.3 is 28.3 Å². The number of carbonyl (C=O) groups is 1. The molecule has 8 heteroatoms. The van der Waals surface area contributed by atoms with Gasteiger partial charge in [0.1, 0.15) is 5.60 Å². The molecule has 2 aromatic rings. The van der Waals surface area contributed by atoms with Crippen LogP contribution >= 0.6 is 0 Å². The Bertz CT molecular complexity index is 888. The maximum atomic E-state index is 11.9. The molecule has 0 atom stereocenters. The van der Waals surface area contributed by atoms with E-state index < -0.39 is 13.9 Å². The Morgan fingerprint density at radius 1 is 0.684 bits per heavy atom. The van der Waals surface area contributed by atoms with Crippen LogP contribution in [0.3, 0.4) is 0 Å². The summed E-state index contributed by atoms with van der Waals surface area (Å²) in [4.78, 5) is 13.4. The number of amides is 1. The van der Waals surface area contributed by atoms with Gasteiger partial charge >= 0.3 is 6.09 Å². The highest BCUT2D eigenvalue weighted by Gasteiger charge is 2.49. The molecule has 0 aromatic heterocycles. The topological polar surface area (TPSA) is 66.5 Å². The quantitative estimate of drug-likeness (QED) is 0.243. The van der Waals surface area contributed by atoms with Crippen LogP contribution in [0.25, 0.3) is 0 Å². The van der Waals surface area contributed by atoms with Crippen molar-refractivity contribution in [2.24, 2.45) is 0 Å². The molecule has 0 N–H and O–H groups in total. The summed E-state index contributed by atoms with van der Waals surface area (Å²) in [5, 5.41) is 2.47. The number of hydrogen-bond acceptors (Lipinski definition) is 6. The third kappa shape index (κ3) is 10.1. The van der Waals surface area contributed by atoms with Gasteiger partial charge in [0, 0.05) is 13.6 Å². The molecular formula is C30H47NO6Si. The van der Waals surface area contributed by atoms with Crippen molar-refractivity contribution in [2.75, 3.05) is 59.8 Å². The summed E-state index contributed by atoms with van der Waals surface area (Å²) in [5.41, 5.74) is -0.504. The molecule has 0 unspecified atom stereocenters. The molecule has 0 aliphatic heterocycles. The number of ether oxygens (including phenoxy) is 4. The SMILES string of the molecule is CN(CCOCCOCCOCCO[Si](c1ccccc1)(c1ccccc1)C(C)(C)C)C(=O)OC(C)(C)C. The minimum Gasteiger partial charge on any atom is -0.444 e. The van der Waals surface area contributed by atoms with E-state index in [1.807, 2.05) is 32.9 Å². The average Bonchev–Trinajstić information content (AvgIpc) is 2.86. The Balaban J connectivity index is 1.69. The first-order valence-corrected chi connectivity index (χ1v) is 15.3. The Morgan fingerprint density at radius 3 is 1.53 bits per heavy atom. The van der Waals surface area contributed by atoms with Gasteiger partial charge in [-0.1, -0.05) is 81.4 Å². The van der Waals surface area contributed by atoms with Crippen LogP contribution in [0.15, 0.2) is 60.7 Å². The fourth-order valence-corrected chi connectivity index (χ4v) is 8.73. The summed E-state index contributed by atoms with van der Waals surface area (Å²) in [6, 6.07) is 21.2. The third-order valence-electron chi connectivity index (χ3n) is 5.98. The summed E-state index contributed by atoms with van der Waals surface area (Å²) < 4.78 is 29.1. The lowest BCUT2D eigenvalue weighted by molar-refractivity contribution is 0.00154. The van der Waals surface area contributed by atoms with Crippen LogP contribution in [0.2, 0.25) is 5.04 Å². The van der Waals surface area contributed by atoms with Gasteiger partial charge in [-0.15, -0.1) is 0 Å². The Kier molecular flexibility index (Phi) is 12.9. The van der Waals surface area contributed by atoms with Gasteiger partial charge in [0.15, 0.2) is 0 Å². The zero-order valence-electron chi connectivity index (χ0n) is 24.3. The maximum absolute atomic E-state index is 11.9. The first-order chi connectivity index (χ1) is 18.0. The maximum Gasteiger partial charge on any atom is 0.410 e. The lowest BCUT2D eigenvalue weighted by Crippen LogP contribution is -2.66. The Hall–Kier alpha value is -2.23. The van der Waals surface area contributed by atoms with Crippen LogP contribution in [-0.2, 0) is 23.4 Å². The molecule has 1 amide bonds. The van der Waals surface area contributed by atoms with Crippen molar-refractivity contribution >= 4 is 24.8 Å². The molecule has 0 spiro atoms. The van der Waals surface area contributed by atoms with E-state index in [-0.39, 0.29) is 11.1 Å². The van der Waals surface area contributed by atoms with E-state index in [4.69, 9.17) is 23.4 Å². The number of nitrogens with zero attached hydrogens (tertiary/aromatic N) is 1. The molecule has 0 saturated carbocycles. The lowest BCUT2D eigenvalue weighted by atomic mass is 10.2. The van der Waals surface area contributed by atoms with E-state index in [9.17, 15) is 4.79 Å². The largest absolute Gasteiger partial charge is 0.444 e. The minimum absolute atomic E-state index is 0.0550. The standard InChI is InChI=1S/C30H47NO6Si/c1-29(2,3)37-28(32)31(7)18-19-33-20-21-34-22-23-35-24-25-36-38(30(4,5)6,26-14-10-8-11-15-26)27-16-12-9-13-17-27/h8-17H,18-25H2,1-7H3. The molecule has 0 saturated heterocycles. The smallest absolute Gasteiger partial charge is 0.410 e. The number of hydrogen-bond donors (Lipinski definition) is 0. The summed E-state index contributed by atoms with van der Waals surface area (Å²) >= 11 is 0. The zero-order chi connectivity index (χ0) is 28.1. The number of rotatable bonds is 15. The molecule has 0 fully saturated rings. The van der Waals surface area contributed by atoms with Gasteiger partial charge in [0.25, 0.3) is 8.32 Å². The Morgan fingerprint density at radius 2 is 1.11 bits per heavy atom. The van der Waals surface area contributed by atoms with Gasteiger partial charge in [0.05, 0.1) is 46.2 Å². The molecule has 2 rings (SSSR count). The van der Waals surface area contributed by atoms with Crippen LogP contribution in [0.4, 0.5) is 4.79 Å². The summed E-state index contributed by atoms with van der Waals surface area (Å²) in [7, 11) is -0.834. The molecule has 0 radical (unpaired) electrons. The molecule has 0 aliphatic rings. The molecule has 0 bridgehead atoms. The van der Waals surface area contributed by atoms with Crippen LogP contribution in [0.5, 0.6) is 0 Å². The van der Waals surface area contributed by atoms with E-state index in [1.165, 1.54) is 15.3 Å². The lowest BCUT2D eigenvalue weighted by Gasteiger charge is -2.43. The van der Waals surface area contributed by atoms with Gasteiger partial charge in [-0.25, -0.2) is 4.79 Å². The van der Waals surface area contributed by atoms with E-state index in [1.54, 1.807) is 7.05 Å². The third-order valence-corrected chi connectivity index (χ3v) is 11.0. The van der Waals surface area contributed by atoms with Gasteiger partial charge in [0.2, 0.25) is 0 Å². The van der Waals surface area contributed by atoms with Crippen molar-refractivity contribution in [2.45, 2.75) is 52.2 Å². The minimum atomic E-state index is -2.53. The summed E-state index contributed by atoms with van der Waals surface area (Å²) in [5.74, 6) is 0. The number of benzene rings is 2. The van der Waals surface area contributed by atoms with Gasteiger partial charge in [-0.05, 0) is 36.2 Å². The Labute approximate surface area is 230 Å². The van der Waals surface area contributed by atoms with Crippen molar-refractivity contribution in [1.29, 1.82) is 0 Å². The molecular weight excluding hydrogens is 498 g/mol. The highest BCUT2D eigenvalue weighted by molar-refractivity contribution is 6.99. The van der Waals surface area contributed by atoms with Crippen LogP contribution < -0.4 is 10.4 Å². The zero-order valence-corrected chi connectivity index (χ0v) is 25.3. The van der Waals surface area contributed by atoms with Gasteiger partial charge in [-0.3, -0.25) is 0 Å². The molecule has 7 nitrogen and oxygen atoms in total. The highest BCUT2D eigenvalue weighted by atomic mass is 28.4. The predicted molar refractivity (Wildman–Crippen MR) is 155 cm³/mol. The second kappa shape index (κ2) is 15.4. The highest BCUT2D eigenvalue weighted by Crippen LogP contribution is 2.36. The second-order valence-electron chi connectivity index (χ2n) is 11.3. The summed E-state index contributed by atoms with van der Waals surface area (Å²) in [6.07, 6.45) is -0.353. The van der Waals surface area contributed by atoms with Crippen molar-refractivity contribution in [3.8, 4) is 0 Å². The fourth-order valence-electron chi connectivity index (χ4n) is 4.19. The van der Waals surface area contributed by atoms with Gasteiger partial charge in [-0.2, -0.15) is 0 Å². The molecule has 2 aromatic carbocycles. The first-order valence-electron chi connectivity index (χ1n) is 13.4. The monoisotopic (exact) mass is 545 g/mol. The predicted octanol–water partition coefficient (Wildman–Crippen LogP) is 4.48.